The molecule has 0 spiro atoms. The van der Waals surface area contributed by atoms with Gasteiger partial charge < -0.3 is 14.2 Å². The van der Waals surface area contributed by atoms with Gasteiger partial charge in [0, 0.05) is 31.1 Å². The first kappa shape index (κ1) is 21.3. The first-order valence-electron chi connectivity index (χ1n) is 9.78. The maximum atomic E-state index is 11.6. The summed E-state index contributed by atoms with van der Waals surface area (Å²) in [5.41, 5.74) is 3.75. The van der Waals surface area contributed by atoms with E-state index >= 15 is 0 Å². The molecule has 4 rings (SSSR count). The zero-order valence-corrected chi connectivity index (χ0v) is 18.1. The molecule has 0 radical (unpaired) electrons. The number of sulfone groups is 1. The topological polar surface area (TPSA) is 129 Å². The maximum absolute atomic E-state index is 11.6. The van der Waals surface area contributed by atoms with E-state index in [9.17, 15) is 8.42 Å². The van der Waals surface area contributed by atoms with Crippen LogP contribution in [0.4, 0.5) is 0 Å². The molecule has 11 heteroatoms. The fourth-order valence-electron chi connectivity index (χ4n) is 3.44. The lowest BCUT2D eigenvalue weighted by molar-refractivity contribution is 0.0126. The second-order valence-corrected chi connectivity index (χ2v) is 9.12. The quantitative estimate of drug-likeness (QED) is 0.545. The smallest absolute Gasteiger partial charge is 0.267 e. The van der Waals surface area contributed by atoms with Crippen molar-refractivity contribution >= 4 is 9.84 Å². The molecule has 0 saturated carbocycles. The van der Waals surface area contributed by atoms with E-state index in [0.717, 1.165) is 48.9 Å². The van der Waals surface area contributed by atoms with Crippen molar-refractivity contribution < 1.29 is 22.6 Å². The van der Waals surface area contributed by atoms with Gasteiger partial charge in [0.1, 0.15) is 11.4 Å². The number of rotatable bonds is 7. The van der Waals surface area contributed by atoms with Crippen molar-refractivity contribution in [3.8, 4) is 28.1 Å². The van der Waals surface area contributed by atoms with Gasteiger partial charge in [-0.3, -0.25) is 5.10 Å². The van der Waals surface area contributed by atoms with E-state index in [1.807, 2.05) is 18.2 Å². The van der Waals surface area contributed by atoms with Gasteiger partial charge in [-0.1, -0.05) is 6.07 Å². The molecule has 1 aliphatic heterocycles. The van der Waals surface area contributed by atoms with E-state index in [-0.39, 0.29) is 18.1 Å². The van der Waals surface area contributed by atoms with Crippen LogP contribution in [0.15, 0.2) is 35.7 Å². The Labute approximate surface area is 179 Å². The molecule has 1 saturated heterocycles. The summed E-state index contributed by atoms with van der Waals surface area (Å²) in [6.45, 7) is 0.766. The highest BCUT2D eigenvalue weighted by molar-refractivity contribution is 7.90. The van der Waals surface area contributed by atoms with E-state index < -0.39 is 9.84 Å². The zero-order chi connectivity index (χ0) is 21.8. The van der Waals surface area contributed by atoms with E-state index in [0.29, 0.717) is 17.0 Å². The molecule has 2 aromatic heterocycles. The molecule has 1 fully saturated rings. The third-order valence-corrected chi connectivity index (χ3v) is 5.79. The van der Waals surface area contributed by atoms with Crippen LogP contribution in [0.1, 0.15) is 31.1 Å². The van der Waals surface area contributed by atoms with E-state index in [1.165, 1.54) is 13.3 Å². The fraction of sp³-hybridized carbons (Fsp3) is 0.400. The summed E-state index contributed by atoms with van der Waals surface area (Å²) < 4.78 is 39.9. The summed E-state index contributed by atoms with van der Waals surface area (Å²) in [7, 11) is -2.01. The summed E-state index contributed by atoms with van der Waals surface area (Å²) in [6, 6.07) is 5.60. The molecule has 10 nitrogen and oxygen atoms in total. The Morgan fingerprint density at radius 2 is 2.06 bits per heavy atom. The van der Waals surface area contributed by atoms with E-state index in [4.69, 9.17) is 14.2 Å². The Bertz CT molecular complexity index is 1140. The SMILES string of the molecule is COCOc1cc(-c2cn[nH]c2C2CCCCO2)ccc1-c1cnc(S(C)(=O)=O)nn1. The molecule has 0 bridgehead atoms. The predicted molar refractivity (Wildman–Crippen MR) is 111 cm³/mol. The lowest BCUT2D eigenvalue weighted by Crippen LogP contribution is -2.12. The molecule has 3 heterocycles. The number of methoxy groups -OCH3 is 1. The molecule has 164 valence electrons. The van der Waals surface area contributed by atoms with Gasteiger partial charge in [0.15, 0.2) is 6.79 Å². The van der Waals surface area contributed by atoms with Crippen molar-refractivity contribution in [1.82, 2.24) is 25.4 Å². The number of benzene rings is 1. The Morgan fingerprint density at radius 1 is 1.19 bits per heavy atom. The Morgan fingerprint density at radius 3 is 2.74 bits per heavy atom. The number of ether oxygens (including phenoxy) is 3. The molecule has 1 aliphatic rings. The van der Waals surface area contributed by atoms with Gasteiger partial charge in [-0.2, -0.15) is 5.10 Å². The summed E-state index contributed by atoms with van der Waals surface area (Å²) in [5.74, 6) is 0.499. The highest BCUT2D eigenvalue weighted by Crippen LogP contribution is 2.37. The number of aromatic amines is 1. The maximum Gasteiger partial charge on any atom is 0.267 e. The van der Waals surface area contributed by atoms with Crippen LogP contribution >= 0.6 is 0 Å². The second-order valence-electron chi connectivity index (χ2n) is 7.21. The summed E-state index contributed by atoms with van der Waals surface area (Å²) in [5, 5.41) is 14.7. The number of aromatic nitrogens is 5. The Balaban J connectivity index is 1.71. The van der Waals surface area contributed by atoms with Gasteiger partial charge in [-0.25, -0.2) is 13.4 Å². The minimum Gasteiger partial charge on any atom is -0.467 e. The van der Waals surface area contributed by atoms with Crippen LogP contribution in [-0.4, -0.2) is 60.6 Å². The highest BCUT2D eigenvalue weighted by Gasteiger charge is 2.23. The van der Waals surface area contributed by atoms with Gasteiger partial charge in [0.2, 0.25) is 9.84 Å². The summed E-state index contributed by atoms with van der Waals surface area (Å²) in [6.07, 6.45) is 7.25. The Kier molecular flexibility index (Phi) is 6.25. The molecule has 1 atom stereocenters. The fourth-order valence-corrected chi connectivity index (χ4v) is 3.87. The number of H-pyrrole nitrogens is 1. The molecule has 31 heavy (non-hydrogen) atoms. The Hall–Kier alpha value is -2.89. The van der Waals surface area contributed by atoms with Crippen LogP contribution in [-0.2, 0) is 19.3 Å². The molecule has 3 aromatic rings. The lowest BCUT2D eigenvalue weighted by Gasteiger charge is -2.22. The molecule has 1 aromatic carbocycles. The second kappa shape index (κ2) is 9.08. The van der Waals surface area contributed by atoms with Crippen molar-refractivity contribution in [3.05, 3.63) is 36.3 Å². The monoisotopic (exact) mass is 445 g/mol. The van der Waals surface area contributed by atoms with Crippen LogP contribution < -0.4 is 4.74 Å². The highest BCUT2D eigenvalue weighted by atomic mass is 32.2. The van der Waals surface area contributed by atoms with Gasteiger partial charge in [0.05, 0.1) is 24.2 Å². The number of nitrogens with zero attached hydrogens (tertiary/aromatic N) is 4. The number of nitrogens with one attached hydrogen (secondary N) is 1. The van der Waals surface area contributed by atoms with Crippen LogP contribution in [0.5, 0.6) is 5.75 Å². The van der Waals surface area contributed by atoms with Crippen molar-refractivity contribution in [3.63, 3.8) is 0 Å². The third-order valence-electron chi connectivity index (χ3n) is 4.94. The lowest BCUT2D eigenvalue weighted by atomic mass is 9.97. The normalized spacial score (nSPS) is 16.9. The van der Waals surface area contributed by atoms with Crippen LogP contribution in [0.2, 0.25) is 0 Å². The number of hydrogen-bond donors (Lipinski definition) is 1. The minimum absolute atomic E-state index is 0.0205. The van der Waals surface area contributed by atoms with Crippen LogP contribution in [0.3, 0.4) is 0 Å². The first-order valence-corrected chi connectivity index (χ1v) is 11.7. The van der Waals surface area contributed by atoms with Gasteiger partial charge in [-0.05, 0) is 37.0 Å². The largest absolute Gasteiger partial charge is 0.467 e. The van der Waals surface area contributed by atoms with Gasteiger partial charge in [0.25, 0.3) is 5.16 Å². The van der Waals surface area contributed by atoms with E-state index in [1.54, 1.807) is 6.20 Å². The van der Waals surface area contributed by atoms with Crippen molar-refractivity contribution in [2.45, 2.75) is 30.5 Å². The average Bonchev–Trinajstić information content (AvgIpc) is 3.28. The van der Waals surface area contributed by atoms with E-state index in [2.05, 4.69) is 25.4 Å². The first-order chi connectivity index (χ1) is 15.0. The molecule has 0 aliphatic carbocycles. The molecular formula is C20H23N5O5S. The molecular weight excluding hydrogens is 422 g/mol. The summed E-state index contributed by atoms with van der Waals surface area (Å²) >= 11 is 0. The zero-order valence-electron chi connectivity index (χ0n) is 17.2. The standard InChI is InChI=1S/C20H23N5O5S/c1-28-12-30-18-9-13(15-10-22-24-19(15)17-5-3-4-8-29-17)6-7-14(18)16-11-21-20(25-23-16)31(2,26)27/h6-7,9-11,17H,3-5,8,12H2,1-2H3,(H,22,24). The molecule has 1 unspecified atom stereocenters. The van der Waals surface area contributed by atoms with Gasteiger partial charge >= 0.3 is 0 Å². The van der Waals surface area contributed by atoms with Crippen LogP contribution in [0, 0.1) is 0 Å². The van der Waals surface area contributed by atoms with Crippen molar-refractivity contribution in [2.24, 2.45) is 0 Å². The van der Waals surface area contributed by atoms with Crippen LogP contribution in [0.25, 0.3) is 22.4 Å². The average molecular weight is 446 g/mol. The van der Waals surface area contributed by atoms with Gasteiger partial charge in [-0.15, -0.1) is 10.2 Å². The number of hydrogen-bond acceptors (Lipinski definition) is 9. The minimum atomic E-state index is -3.54. The molecule has 0 amide bonds. The summed E-state index contributed by atoms with van der Waals surface area (Å²) in [4.78, 5) is 3.92. The predicted octanol–water partition coefficient (Wildman–Crippen LogP) is 2.56. The molecule has 1 N–H and O–H groups in total. The van der Waals surface area contributed by atoms with Crippen molar-refractivity contribution in [2.75, 3.05) is 26.8 Å². The van der Waals surface area contributed by atoms with Crippen molar-refractivity contribution in [1.29, 1.82) is 0 Å². The third kappa shape index (κ3) is 4.73.